The fourth-order valence-electron chi connectivity index (χ4n) is 1.67. The summed E-state index contributed by atoms with van der Waals surface area (Å²) in [6, 6.07) is 7.05. The first-order chi connectivity index (χ1) is 9.60. The zero-order valence-electron chi connectivity index (χ0n) is 10.4. The van der Waals surface area contributed by atoms with Crippen LogP contribution in [0.1, 0.15) is 16.1 Å². The van der Waals surface area contributed by atoms with Crippen molar-refractivity contribution in [3.05, 3.63) is 47.0 Å². The van der Waals surface area contributed by atoms with Crippen molar-refractivity contribution in [2.75, 3.05) is 11.9 Å². The standard InChI is InChI=1S/C13H11ClN4O2/c14-10-2-1-9(6-15)11(5-10)16-3-4-18-7-12(13(19)20)17-8-18/h1-2,5,7-8,16H,3-4H2,(H,19,20). The molecule has 0 saturated heterocycles. The predicted octanol–water partition coefficient (Wildman–Crippen LogP) is 2.22. The van der Waals surface area contributed by atoms with Crippen LogP contribution in [0.15, 0.2) is 30.7 Å². The molecule has 2 aromatic rings. The highest BCUT2D eigenvalue weighted by Crippen LogP contribution is 2.20. The number of carbonyl (C=O) groups is 1. The van der Waals surface area contributed by atoms with Gasteiger partial charge in [0.1, 0.15) is 6.07 Å². The minimum absolute atomic E-state index is 0.00506. The third-order valence-electron chi connectivity index (χ3n) is 2.64. The van der Waals surface area contributed by atoms with Crippen molar-refractivity contribution in [1.29, 1.82) is 5.26 Å². The average Bonchev–Trinajstić information content (AvgIpc) is 2.88. The van der Waals surface area contributed by atoms with E-state index in [4.69, 9.17) is 22.0 Å². The number of hydrogen-bond acceptors (Lipinski definition) is 4. The number of carboxylic acid groups (broad SMARTS) is 1. The Kier molecular flexibility index (Phi) is 4.23. The van der Waals surface area contributed by atoms with Crippen molar-refractivity contribution in [1.82, 2.24) is 9.55 Å². The second-order valence-electron chi connectivity index (χ2n) is 4.03. The number of nitrogens with zero attached hydrogens (tertiary/aromatic N) is 3. The number of halogens is 1. The summed E-state index contributed by atoms with van der Waals surface area (Å²) in [5, 5.41) is 21.4. The van der Waals surface area contributed by atoms with Gasteiger partial charge in [-0.15, -0.1) is 0 Å². The fourth-order valence-corrected chi connectivity index (χ4v) is 1.84. The lowest BCUT2D eigenvalue weighted by Crippen LogP contribution is -2.10. The predicted molar refractivity (Wildman–Crippen MR) is 73.8 cm³/mol. The van der Waals surface area contributed by atoms with Crippen LogP contribution in [-0.4, -0.2) is 27.2 Å². The number of anilines is 1. The minimum Gasteiger partial charge on any atom is -0.476 e. The van der Waals surface area contributed by atoms with Gasteiger partial charge in [0.2, 0.25) is 0 Å². The summed E-state index contributed by atoms with van der Waals surface area (Å²) >= 11 is 5.88. The summed E-state index contributed by atoms with van der Waals surface area (Å²) in [7, 11) is 0. The minimum atomic E-state index is -1.06. The Balaban J connectivity index is 1.97. The number of nitriles is 1. The molecule has 0 saturated carbocycles. The van der Waals surface area contributed by atoms with E-state index in [1.54, 1.807) is 22.8 Å². The number of nitrogens with one attached hydrogen (secondary N) is 1. The summed E-state index contributed by atoms with van der Waals surface area (Å²) in [6.45, 7) is 1.04. The van der Waals surface area contributed by atoms with Gasteiger partial charge in [0.15, 0.2) is 5.69 Å². The van der Waals surface area contributed by atoms with Crippen LogP contribution in [0.5, 0.6) is 0 Å². The van der Waals surface area contributed by atoms with Gasteiger partial charge in [0.25, 0.3) is 0 Å². The van der Waals surface area contributed by atoms with E-state index in [-0.39, 0.29) is 5.69 Å². The van der Waals surface area contributed by atoms with E-state index in [1.165, 1.54) is 12.5 Å². The van der Waals surface area contributed by atoms with Crippen molar-refractivity contribution < 1.29 is 9.90 Å². The summed E-state index contributed by atoms with van der Waals surface area (Å²) in [6.07, 6.45) is 2.90. The zero-order valence-corrected chi connectivity index (χ0v) is 11.1. The van der Waals surface area contributed by atoms with Crippen LogP contribution >= 0.6 is 11.6 Å². The monoisotopic (exact) mass is 290 g/mol. The first kappa shape index (κ1) is 13.9. The smallest absolute Gasteiger partial charge is 0.356 e. The lowest BCUT2D eigenvalue weighted by molar-refractivity contribution is 0.0691. The quantitative estimate of drug-likeness (QED) is 0.881. The van der Waals surface area contributed by atoms with Crippen molar-refractivity contribution in [3.8, 4) is 6.07 Å². The molecular weight excluding hydrogens is 280 g/mol. The SMILES string of the molecule is N#Cc1ccc(Cl)cc1NCCn1cnc(C(=O)O)c1. The summed E-state index contributed by atoms with van der Waals surface area (Å²) in [5.74, 6) is -1.06. The third-order valence-corrected chi connectivity index (χ3v) is 2.87. The Morgan fingerprint density at radius 2 is 2.35 bits per heavy atom. The number of imidazole rings is 1. The summed E-state index contributed by atoms with van der Waals surface area (Å²) in [5.41, 5.74) is 1.16. The fraction of sp³-hybridized carbons (Fsp3) is 0.154. The number of aromatic nitrogens is 2. The second kappa shape index (κ2) is 6.08. The van der Waals surface area contributed by atoms with Gasteiger partial charge >= 0.3 is 5.97 Å². The molecule has 0 radical (unpaired) electrons. The molecule has 102 valence electrons. The molecule has 0 aliphatic rings. The normalized spacial score (nSPS) is 10.0. The Labute approximate surface area is 120 Å². The van der Waals surface area contributed by atoms with Crippen LogP contribution in [0.4, 0.5) is 5.69 Å². The molecule has 6 nitrogen and oxygen atoms in total. The van der Waals surface area contributed by atoms with Gasteiger partial charge in [-0.25, -0.2) is 9.78 Å². The second-order valence-corrected chi connectivity index (χ2v) is 4.47. The maximum Gasteiger partial charge on any atom is 0.356 e. The van der Waals surface area contributed by atoms with Gasteiger partial charge in [0.05, 0.1) is 17.6 Å². The number of rotatable bonds is 5. The van der Waals surface area contributed by atoms with Crippen LogP contribution in [0.2, 0.25) is 5.02 Å². The van der Waals surface area contributed by atoms with Gasteiger partial charge in [-0.3, -0.25) is 0 Å². The van der Waals surface area contributed by atoms with Gasteiger partial charge in [-0.2, -0.15) is 5.26 Å². The van der Waals surface area contributed by atoms with E-state index in [0.29, 0.717) is 29.4 Å². The molecule has 1 aromatic carbocycles. The molecule has 0 bridgehead atoms. The topological polar surface area (TPSA) is 90.9 Å². The van der Waals surface area contributed by atoms with Crippen molar-refractivity contribution in [2.24, 2.45) is 0 Å². The van der Waals surface area contributed by atoms with Crippen LogP contribution in [0.25, 0.3) is 0 Å². The zero-order chi connectivity index (χ0) is 14.5. The maximum absolute atomic E-state index is 10.7. The molecule has 0 aliphatic heterocycles. The largest absolute Gasteiger partial charge is 0.476 e. The summed E-state index contributed by atoms with van der Waals surface area (Å²) < 4.78 is 1.66. The average molecular weight is 291 g/mol. The van der Waals surface area contributed by atoms with Crippen molar-refractivity contribution >= 4 is 23.3 Å². The molecule has 20 heavy (non-hydrogen) atoms. The molecule has 0 aliphatic carbocycles. The molecule has 0 atom stereocenters. The van der Waals surface area contributed by atoms with E-state index in [2.05, 4.69) is 16.4 Å². The van der Waals surface area contributed by atoms with Gasteiger partial charge < -0.3 is 15.0 Å². The van der Waals surface area contributed by atoms with Crippen molar-refractivity contribution in [3.63, 3.8) is 0 Å². The molecule has 0 unspecified atom stereocenters. The molecular formula is C13H11ClN4O2. The highest BCUT2D eigenvalue weighted by molar-refractivity contribution is 6.30. The molecule has 1 heterocycles. The van der Waals surface area contributed by atoms with E-state index in [9.17, 15) is 4.79 Å². The number of aromatic carboxylic acids is 1. The highest BCUT2D eigenvalue weighted by atomic mass is 35.5. The van der Waals surface area contributed by atoms with Crippen LogP contribution in [0, 0.1) is 11.3 Å². The van der Waals surface area contributed by atoms with Crippen LogP contribution in [0.3, 0.4) is 0 Å². The molecule has 0 fully saturated rings. The van der Waals surface area contributed by atoms with E-state index in [1.807, 2.05) is 0 Å². The number of carboxylic acids is 1. The molecule has 2 rings (SSSR count). The van der Waals surface area contributed by atoms with Gasteiger partial charge in [-0.05, 0) is 18.2 Å². The molecule has 1 aromatic heterocycles. The number of hydrogen-bond donors (Lipinski definition) is 2. The highest BCUT2D eigenvalue weighted by Gasteiger charge is 2.06. The Morgan fingerprint density at radius 3 is 3.00 bits per heavy atom. The molecule has 0 amide bonds. The Bertz CT molecular complexity index is 675. The summed E-state index contributed by atoms with van der Waals surface area (Å²) in [4.78, 5) is 14.4. The molecule has 0 spiro atoms. The van der Waals surface area contributed by atoms with E-state index >= 15 is 0 Å². The molecule has 7 heteroatoms. The number of benzene rings is 1. The van der Waals surface area contributed by atoms with Gasteiger partial charge in [0, 0.05) is 24.3 Å². The van der Waals surface area contributed by atoms with E-state index < -0.39 is 5.97 Å². The van der Waals surface area contributed by atoms with Crippen LogP contribution in [-0.2, 0) is 6.54 Å². The first-order valence-electron chi connectivity index (χ1n) is 5.79. The molecule has 2 N–H and O–H groups in total. The maximum atomic E-state index is 10.7. The lowest BCUT2D eigenvalue weighted by atomic mass is 10.2. The van der Waals surface area contributed by atoms with Gasteiger partial charge in [-0.1, -0.05) is 11.6 Å². The Morgan fingerprint density at radius 1 is 1.55 bits per heavy atom. The van der Waals surface area contributed by atoms with Crippen molar-refractivity contribution in [2.45, 2.75) is 6.54 Å². The van der Waals surface area contributed by atoms with Crippen LogP contribution < -0.4 is 5.32 Å². The third kappa shape index (κ3) is 3.28. The van der Waals surface area contributed by atoms with E-state index in [0.717, 1.165) is 0 Å². The lowest BCUT2D eigenvalue weighted by Gasteiger charge is -2.08. The first-order valence-corrected chi connectivity index (χ1v) is 6.16. The Hall–Kier alpha value is -2.52.